The maximum absolute atomic E-state index is 13.6. The molecule has 0 fully saturated rings. The number of rotatable bonds is 2. The smallest absolute Gasteiger partial charge is 0.142 e. The Labute approximate surface area is 80.9 Å². The van der Waals surface area contributed by atoms with Crippen molar-refractivity contribution >= 4 is 15.9 Å². The van der Waals surface area contributed by atoms with E-state index in [1.54, 1.807) is 6.92 Å². The maximum Gasteiger partial charge on any atom is 0.142 e. The second kappa shape index (κ2) is 3.56. The molecule has 0 aliphatic rings. The van der Waals surface area contributed by atoms with Gasteiger partial charge in [0.05, 0.1) is 0 Å². The van der Waals surface area contributed by atoms with Gasteiger partial charge in [-0.25, -0.2) is 4.39 Å². The average molecular weight is 231 g/mol. The average Bonchev–Trinajstić information content (AvgIpc) is 2.05. The van der Waals surface area contributed by atoms with Crippen LogP contribution >= 0.6 is 15.9 Å². The number of benzene rings is 1. The molecule has 0 spiro atoms. The van der Waals surface area contributed by atoms with E-state index in [2.05, 4.69) is 15.9 Å². The predicted molar refractivity (Wildman–Crippen MR) is 53.4 cm³/mol. The van der Waals surface area contributed by atoms with Crippen molar-refractivity contribution in [3.63, 3.8) is 0 Å². The second-order valence-corrected chi connectivity index (χ2v) is 3.76. The molecule has 0 unspecified atom stereocenters. The normalized spacial score (nSPS) is 15.7. The summed E-state index contributed by atoms with van der Waals surface area (Å²) in [6, 6.07) is 7.51. The lowest BCUT2D eigenvalue weighted by molar-refractivity contribution is 0.230. The van der Waals surface area contributed by atoms with Crippen molar-refractivity contribution in [1.29, 1.82) is 0 Å². The van der Waals surface area contributed by atoms with E-state index in [0.29, 0.717) is 5.33 Å². The lowest BCUT2D eigenvalue weighted by Crippen LogP contribution is -2.16. The molecule has 0 bridgehead atoms. The molecule has 1 aromatic rings. The Kier molecular flexibility index (Phi) is 2.89. The van der Waals surface area contributed by atoms with Crippen molar-refractivity contribution in [1.82, 2.24) is 0 Å². The third kappa shape index (κ3) is 2.07. The van der Waals surface area contributed by atoms with Crippen LogP contribution in [-0.4, -0.2) is 5.33 Å². The van der Waals surface area contributed by atoms with Gasteiger partial charge in [-0.05, 0) is 19.4 Å². The van der Waals surface area contributed by atoms with Crippen molar-refractivity contribution in [3.05, 3.63) is 35.4 Å². The van der Waals surface area contributed by atoms with Gasteiger partial charge in [-0.15, -0.1) is 0 Å². The molecular formula is C10H12BrF. The summed E-state index contributed by atoms with van der Waals surface area (Å²) in [6.07, 6.45) is 0. The van der Waals surface area contributed by atoms with Gasteiger partial charge in [-0.2, -0.15) is 0 Å². The van der Waals surface area contributed by atoms with E-state index in [9.17, 15) is 4.39 Å². The van der Waals surface area contributed by atoms with E-state index in [4.69, 9.17) is 0 Å². The van der Waals surface area contributed by atoms with E-state index < -0.39 is 5.67 Å². The highest BCUT2D eigenvalue weighted by molar-refractivity contribution is 9.09. The molecule has 0 amide bonds. The fourth-order valence-electron chi connectivity index (χ4n) is 0.978. The zero-order chi connectivity index (χ0) is 9.19. The highest BCUT2D eigenvalue weighted by atomic mass is 79.9. The third-order valence-corrected chi connectivity index (χ3v) is 2.96. The van der Waals surface area contributed by atoms with Crippen LogP contribution in [0.4, 0.5) is 4.39 Å². The van der Waals surface area contributed by atoms with E-state index in [0.717, 1.165) is 11.1 Å². The molecule has 12 heavy (non-hydrogen) atoms. The first-order valence-corrected chi connectivity index (χ1v) is 5.00. The first-order chi connectivity index (χ1) is 5.56. The molecule has 0 N–H and O–H groups in total. The van der Waals surface area contributed by atoms with Crippen molar-refractivity contribution in [2.75, 3.05) is 5.33 Å². The van der Waals surface area contributed by atoms with Crippen molar-refractivity contribution in [2.24, 2.45) is 0 Å². The zero-order valence-electron chi connectivity index (χ0n) is 7.27. The Balaban J connectivity index is 2.96. The van der Waals surface area contributed by atoms with Gasteiger partial charge in [0, 0.05) is 5.33 Å². The molecule has 2 heteroatoms. The summed E-state index contributed by atoms with van der Waals surface area (Å²) in [4.78, 5) is 0. The van der Waals surface area contributed by atoms with E-state index in [1.807, 2.05) is 31.2 Å². The highest BCUT2D eigenvalue weighted by Crippen LogP contribution is 2.27. The van der Waals surface area contributed by atoms with E-state index >= 15 is 0 Å². The minimum absolute atomic E-state index is 0.336. The lowest BCUT2D eigenvalue weighted by atomic mass is 9.99. The van der Waals surface area contributed by atoms with Crippen LogP contribution in [0.1, 0.15) is 18.1 Å². The molecule has 0 radical (unpaired) electrons. The molecule has 0 saturated carbocycles. The molecular weight excluding hydrogens is 219 g/mol. The number of hydrogen-bond donors (Lipinski definition) is 0. The van der Waals surface area contributed by atoms with Gasteiger partial charge in [0.15, 0.2) is 0 Å². The SMILES string of the molecule is Cc1ccc([C@@](C)(F)CBr)cc1. The van der Waals surface area contributed by atoms with Crippen molar-refractivity contribution in [2.45, 2.75) is 19.5 Å². The van der Waals surface area contributed by atoms with E-state index in [1.165, 1.54) is 0 Å². The monoisotopic (exact) mass is 230 g/mol. The zero-order valence-corrected chi connectivity index (χ0v) is 8.86. The van der Waals surface area contributed by atoms with Crippen LogP contribution in [-0.2, 0) is 5.67 Å². The Bertz CT molecular complexity index is 251. The Morgan fingerprint density at radius 3 is 2.25 bits per heavy atom. The van der Waals surface area contributed by atoms with Crippen LogP contribution in [0.5, 0.6) is 0 Å². The quantitative estimate of drug-likeness (QED) is 0.682. The molecule has 0 aliphatic carbocycles. The Morgan fingerprint density at radius 1 is 1.33 bits per heavy atom. The number of hydrogen-bond acceptors (Lipinski definition) is 0. The van der Waals surface area contributed by atoms with Gasteiger partial charge in [0.1, 0.15) is 5.67 Å². The first-order valence-electron chi connectivity index (χ1n) is 3.88. The Morgan fingerprint density at radius 2 is 1.83 bits per heavy atom. The van der Waals surface area contributed by atoms with Gasteiger partial charge in [-0.1, -0.05) is 45.8 Å². The Hall–Kier alpha value is -0.370. The van der Waals surface area contributed by atoms with Crippen molar-refractivity contribution in [3.8, 4) is 0 Å². The lowest BCUT2D eigenvalue weighted by Gasteiger charge is -2.17. The molecule has 66 valence electrons. The number of alkyl halides is 2. The molecule has 0 saturated heterocycles. The van der Waals surface area contributed by atoms with Crippen LogP contribution in [0.3, 0.4) is 0 Å². The van der Waals surface area contributed by atoms with Gasteiger partial charge in [0.2, 0.25) is 0 Å². The van der Waals surface area contributed by atoms with Crippen LogP contribution in [0.25, 0.3) is 0 Å². The first kappa shape index (κ1) is 9.72. The predicted octanol–water partition coefficient (Wildman–Crippen LogP) is 3.57. The van der Waals surface area contributed by atoms with Gasteiger partial charge < -0.3 is 0 Å². The fraction of sp³-hybridized carbons (Fsp3) is 0.400. The number of halogens is 2. The third-order valence-electron chi connectivity index (χ3n) is 1.90. The van der Waals surface area contributed by atoms with Crippen LogP contribution in [0, 0.1) is 6.92 Å². The molecule has 1 aromatic carbocycles. The minimum atomic E-state index is -1.26. The standard InChI is InChI=1S/C10H12BrF/c1-8-3-5-9(6-4-8)10(2,12)7-11/h3-6H,7H2,1-2H3/t10-/m0/s1. The second-order valence-electron chi connectivity index (χ2n) is 3.20. The van der Waals surface area contributed by atoms with Crippen LogP contribution in [0.15, 0.2) is 24.3 Å². The number of aryl methyl sites for hydroxylation is 1. The van der Waals surface area contributed by atoms with Gasteiger partial charge >= 0.3 is 0 Å². The largest absolute Gasteiger partial charge is 0.238 e. The molecule has 0 nitrogen and oxygen atoms in total. The van der Waals surface area contributed by atoms with Crippen LogP contribution in [0.2, 0.25) is 0 Å². The maximum atomic E-state index is 13.6. The van der Waals surface area contributed by atoms with Crippen molar-refractivity contribution < 1.29 is 4.39 Å². The highest BCUT2D eigenvalue weighted by Gasteiger charge is 2.23. The molecule has 1 atom stereocenters. The molecule has 0 aliphatic heterocycles. The minimum Gasteiger partial charge on any atom is -0.238 e. The molecule has 0 heterocycles. The molecule has 1 rings (SSSR count). The summed E-state index contributed by atoms with van der Waals surface area (Å²) in [5.41, 5.74) is 0.627. The summed E-state index contributed by atoms with van der Waals surface area (Å²) in [6.45, 7) is 3.57. The summed E-state index contributed by atoms with van der Waals surface area (Å²) in [5, 5.41) is 0.336. The summed E-state index contributed by atoms with van der Waals surface area (Å²) in [7, 11) is 0. The van der Waals surface area contributed by atoms with E-state index in [-0.39, 0.29) is 0 Å². The topological polar surface area (TPSA) is 0 Å². The van der Waals surface area contributed by atoms with Gasteiger partial charge in [0.25, 0.3) is 0 Å². The molecule has 0 aromatic heterocycles. The summed E-state index contributed by atoms with van der Waals surface area (Å²) < 4.78 is 13.6. The summed E-state index contributed by atoms with van der Waals surface area (Å²) in [5.74, 6) is 0. The van der Waals surface area contributed by atoms with Gasteiger partial charge in [-0.3, -0.25) is 0 Å². The summed E-state index contributed by atoms with van der Waals surface area (Å²) >= 11 is 3.15. The van der Waals surface area contributed by atoms with Crippen LogP contribution < -0.4 is 0 Å². The fourth-order valence-corrected chi connectivity index (χ4v) is 1.30.